The van der Waals surface area contributed by atoms with Gasteiger partial charge in [-0.25, -0.2) is 4.79 Å². The molecule has 0 bridgehead atoms. The third-order valence-electron chi connectivity index (χ3n) is 5.67. The van der Waals surface area contributed by atoms with E-state index in [-0.39, 0.29) is 6.03 Å². The first kappa shape index (κ1) is 18.4. The quantitative estimate of drug-likeness (QED) is 0.651. The molecule has 0 spiro atoms. The number of urea groups is 1. The van der Waals surface area contributed by atoms with Crippen molar-refractivity contribution in [3.05, 3.63) is 77.5 Å². The van der Waals surface area contributed by atoms with E-state index in [2.05, 4.69) is 41.1 Å². The summed E-state index contributed by atoms with van der Waals surface area (Å²) in [7, 11) is 0. The predicted octanol–water partition coefficient (Wildman–Crippen LogP) is 5.20. The van der Waals surface area contributed by atoms with Crippen molar-refractivity contribution < 1.29 is 4.79 Å². The van der Waals surface area contributed by atoms with Crippen molar-refractivity contribution in [3.63, 3.8) is 0 Å². The highest BCUT2D eigenvalue weighted by Crippen LogP contribution is 2.29. The molecular formula is C24H27N3O. The third kappa shape index (κ3) is 3.31. The summed E-state index contributed by atoms with van der Waals surface area (Å²) in [5.41, 5.74) is 6.35. The lowest BCUT2D eigenvalue weighted by molar-refractivity contribution is 0.181. The molecule has 0 atom stereocenters. The van der Waals surface area contributed by atoms with Crippen LogP contribution >= 0.6 is 0 Å². The highest BCUT2D eigenvalue weighted by Gasteiger charge is 2.29. The van der Waals surface area contributed by atoms with Crippen molar-refractivity contribution in [3.8, 4) is 0 Å². The van der Waals surface area contributed by atoms with Crippen LogP contribution in [0.15, 0.2) is 55.1 Å². The van der Waals surface area contributed by atoms with E-state index in [0.717, 1.165) is 28.6 Å². The molecule has 2 N–H and O–H groups in total. The summed E-state index contributed by atoms with van der Waals surface area (Å²) in [6.07, 6.45) is 0.850. The average molecular weight is 374 g/mol. The minimum atomic E-state index is -0.469. The fraction of sp³-hybridized carbons (Fsp3) is 0.292. The molecule has 4 heteroatoms. The molecule has 2 heterocycles. The number of benzene rings is 2. The standard InChI is InChI=1S/C24H27N3O/c1-16(2)17-8-7-9-18(14-17)24(3,4)26-23(28)27-13-12-22-20(15-27)19-10-5-6-11-21(19)25-22/h5-11,14,25H,1,12-13,15H2,2-4H3,(H,26,28). The molecule has 4 rings (SSSR count). The van der Waals surface area contributed by atoms with Crippen molar-refractivity contribution in [2.75, 3.05) is 6.54 Å². The third-order valence-corrected chi connectivity index (χ3v) is 5.67. The smallest absolute Gasteiger partial charge is 0.318 e. The molecule has 2 aromatic carbocycles. The molecular weight excluding hydrogens is 346 g/mol. The Labute approximate surface area is 166 Å². The van der Waals surface area contributed by atoms with E-state index in [0.29, 0.717) is 13.1 Å². The van der Waals surface area contributed by atoms with Gasteiger partial charge in [0.25, 0.3) is 0 Å². The Bertz CT molecular complexity index is 1060. The Morgan fingerprint density at radius 2 is 1.96 bits per heavy atom. The summed E-state index contributed by atoms with van der Waals surface area (Å²) in [4.78, 5) is 18.5. The number of allylic oxidation sites excluding steroid dienone is 1. The monoisotopic (exact) mass is 373 g/mol. The van der Waals surface area contributed by atoms with Gasteiger partial charge in [-0.05, 0) is 44.0 Å². The molecule has 0 saturated carbocycles. The first-order valence-electron chi connectivity index (χ1n) is 9.77. The Morgan fingerprint density at radius 1 is 1.18 bits per heavy atom. The van der Waals surface area contributed by atoms with Gasteiger partial charge < -0.3 is 15.2 Å². The number of rotatable bonds is 3. The lowest BCUT2D eigenvalue weighted by atomic mass is 9.91. The number of para-hydroxylation sites is 1. The van der Waals surface area contributed by atoms with Gasteiger partial charge in [-0.2, -0.15) is 0 Å². The van der Waals surface area contributed by atoms with Crippen molar-refractivity contribution in [1.82, 2.24) is 15.2 Å². The molecule has 1 aliphatic heterocycles. The van der Waals surface area contributed by atoms with Gasteiger partial charge >= 0.3 is 6.03 Å². The van der Waals surface area contributed by atoms with Crippen LogP contribution in [-0.4, -0.2) is 22.5 Å². The molecule has 0 fully saturated rings. The van der Waals surface area contributed by atoms with Gasteiger partial charge in [0.05, 0.1) is 5.54 Å². The van der Waals surface area contributed by atoms with E-state index in [4.69, 9.17) is 0 Å². The Balaban J connectivity index is 1.54. The number of carbonyl (C=O) groups is 1. The maximum Gasteiger partial charge on any atom is 0.318 e. The lowest BCUT2D eigenvalue weighted by Gasteiger charge is -2.33. The number of aromatic amines is 1. The summed E-state index contributed by atoms with van der Waals surface area (Å²) < 4.78 is 0. The molecule has 3 aromatic rings. The number of nitrogens with zero attached hydrogens (tertiary/aromatic N) is 1. The number of carbonyl (C=O) groups excluding carboxylic acids is 1. The summed E-state index contributed by atoms with van der Waals surface area (Å²) in [5.74, 6) is 0. The van der Waals surface area contributed by atoms with Crippen LogP contribution in [0.2, 0.25) is 0 Å². The van der Waals surface area contributed by atoms with Crippen LogP contribution in [0.25, 0.3) is 16.5 Å². The zero-order valence-electron chi connectivity index (χ0n) is 16.8. The summed E-state index contributed by atoms with van der Waals surface area (Å²) in [5, 5.41) is 4.44. The molecule has 0 radical (unpaired) electrons. The minimum absolute atomic E-state index is 0.0262. The average Bonchev–Trinajstić information content (AvgIpc) is 3.05. The molecule has 0 aliphatic carbocycles. The van der Waals surface area contributed by atoms with Crippen LogP contribution in [0.4, 0.5) is 4.79 Å². The first-order valence-corrected chi connectivity index (χ1v) is 9.77. The molecule has 2 amide bonds. The number of hydrogen-bond donors (Lipinski definition) is 2. The number of H-pyrrole nitrogens is 1. The fourth-order valence-corrected chi connectivity index (χ4v) is 3.93. The second-order valence-corrected chi connectivity index (χ2v) is 8.22. The number of aromatic nitrogens is 1. The van der Waals surface area contributed by atoms with E-state index >= 15 is 0 Å². The van der Waals surface area contributed by atoms with Crippen LogP contribution in [0.3, 0.4) is 0 Å². The zero-order valence-corrected chi connectivity index (χ0v) is 16.8. The molecule has 4 nitrogen and oxygen atoms in total. The zero-order chi connectivity index (χ0) is 19.9. The minimum Gasteiger partial charge on any atom is -0.358 e. The van der Waals surface area contributed by atoms with Gasteiger partial charge in [-0.15, -0.1) is 0 Å². The van der Waals surface area contributed by atoms with E-state index in [1.165, 1.54) is 16.6 Å². The largest absolute Gasteiger partial charge is 0.358 e. The molecule has 0 unspecified atom stereocenters. The van der Waals surface area contributed by atoms with Crippen molar-refractivity contribution in [2.45, 2.75) is 39.3 Å². The predicted molar refractivity (Wildman–Crippen MR) is 115 cm³/mol. The first-order chi connectivity index (χ1) is 13.3. The van der Waals surface area contributed by atoms with Crippen LogP contribution in [-0.2, 0) is 18.5 Å². The molecule has 28 heavy (non-hydrogen) atoms. The van der Waals surface area contributed by atoms with Gasteiger partial charge in [0, 0.05) is 41.7 Å². The number of hydrogen-bond acceptors (Lipinski definition) is 1. The Hall–Kier alpha value is -3.01. The fourth-order valence-electron chi connectivity index (χ4n) is 3.93. The van der Waals surface area contributed by atoms with E-state index < -0.39 is 5.54 Å². The second-order valence-electron chi connectivity index (χ2n) is 8.22. The highest BCUT2D eigenvalue weighted by atomic mass is 16.2. The normalized spacial score (nSPS) is 14.0. The van der Waals surface area contributed by atoms with E-state index in [9.17, 15) is 4.79 Å². The van der Waals surface area contributed by atoms with Crippen LogP contribution in [0.1, 0.15) is 43.2 Å². The van der Waals surface area contributed by atoms with Crippen LogP contribution < -0.4 is 5.32 Å². The maximum absolute atomic E-state index is 13.1. The van der Waals surface area contributed by atoms with Gasteiger partial charge in [0.2, 0.25) is 0 Å². The summed E-state index contributed by atoms with van der Waals surface area (Å²) in [6.45, 7) is 11.5. The number of nitrogens with one attached hydrogen (secondary N) is 2. The van der Waals surface area contributed by atoms with Crippen LogP contribution in [0.5, 0.6) is 0 Å². The SMILES string of the molecule is C=C(C)c1cccc(C(C)(C)NC(=O)N2CCc3[nH]c4ccccc4c3C2)c1. The van der Waals surface area contributed by atoms with Gasteiger partial charge in [-0.1, -0.05) is 48.6 Å². The van der Waals surface area contributed by atoms with E-state index in [1.54, 1.807) is 0 Å². The Morgan fingerprint density at radius 3 is 2.75 bits per heavy atom. The second kappa shape index (κ2) is 6.86. The van der Waals surface area contributed by atoms with Gasteiger partial charge in [-0.3, -0.25) is 0 Å². The van der Waals surface area contributed by atoms with Crippen molar-refractivity contribution in [2.24, 2.45) is 0 Å². The van der Waals surface area contributed by atoms with Crippen molar-refractivity contribution >= 4 is 22.5 Å². The van der Waals surface area contributed by atoms with Crippen LogP contribution in [0, 0.1) is 0 Å². The van der Waals surface area contributed by atoms with Crippen molar-refractivity contribution in [1.29, 1.82) is 0 Å². The number of fused-ring (bicyclic) bond motifs is 3. The molecule has 144 valence electrons. The summed E-state index contributed by atoms with van der Waals surface area (Å²) >= 11 is 0. The van der Waals surface area contributed by atoms with E-state index in [1.807, 2.05) is 49.9 Å². The highest BCUT2D eigenvalue weighted by molar-refractivity contribution is 5.86. The van der Waals surface area contributed by atoms with Gasteiger partial charge in [0.1, 0.15) is 0 Å². The topological polar surface area (TPSA) is 48.1 Å². The molecule has 1 aliphatic rings. The molecule has 0 saturated heterocycles. The maximum atomic E-state index is 13.1. The molecule has 1 aromatic heterocycles. The van der Waals surface area contributed by atoms with Gasteiger partial charge in [0.15, 0.2) is 0 Å². The Kier molecular flexibility index (Phi) is 4.50. The lowest BCUT2D eigenvalue weighted by Crippen LogP contribution is -2.49. The number of amides is 2. The summed E-state index contributed by atoms with van der Waals surface area (Å²) in [6, 6.07) is 16.5.